The van der Waals surface area contributed by atoms with Crippen molar-refractivity contribution >= 4 is 102 Å². The summed E-state index contributed by atoms with van der Waals surface area (Å²) in [6.45, 7) is 14.5. The maximum Gasteiger partial charge on any atom is 0.164 e. The smallest absolute Gasteiger partial charge is 0.164 e. The molecular weight excluding hydrogens is 1280 g/mol. The zero-order valence-corrected chi connectivity index (χ0v) is 53.4. The van der Waals surface area contributed by atoms with Crippen LogP contribution in [0.1, 0.15) is 128 Å². The number of nitrogens with zero attached hydrogens (tertiary/aromatic N) is 9. The van der Waals surface area contributed by atoms with Crippen LogP contribution in [0.5, 0.6) is 0 Å². The lowest BCUT2D eigenvalue weighted by atomic mass is 9.99. The fourth-order valence-electron chi connectivity index (χ4n) is 13.3. The summed E-state index contributed by atoms with van der Waals surface area (Å²) < 4.78 is 63.9. The Morgan fingerprint density at radius 1 is 0.556 bits per heavy atom. The standard InChI is InChI=1S/C21H24ClN3O5S.C21H22ClN3O4S.C18H18ClN3O4S.2CH4/c1-10-12-4-6-25(19(12)24-9-23-10)20-17-16(29-21(2,3)30-17)15(28-20)14(27)18-11(5-7-26)8-13(22)31-18;1-10-12-4-6-25(19(12)24-9-23-10)20-17-15(28-21(2,3)29-17)14(27-20)16-18-11(5-7-26-16)8-13(22)30-18;1-8-10-2-4-22(17(10)21-7-20-8)18-13(24)12(23)14(26-18)15-16-9(3-5-25-15)6-11(19)27-16;;/h4,6,8-9,14-17,20,26-27H,5,7H2,1-3H3;4,6,8-9,14-17,20H,5,7H2,1-3H3;2,4,6-7,12-15,18,23-24H,3,5H2,1H3;2*1H4/t14-,15-,16-,17-,20-;14-,15+,16-,17+,20+;12-,13+,14-,15-,18+;;/m100../s1. The Morgan fingerprint density at radius 2 is 0.989 bits per heavy atom. The highest BCUT2D eigenvalue weighted by Crippen LogP contribution is 2.52. The largest absolute Gasteiger partial charge is 0.396 e. The number of hydrogen-bond donors (Lipinski definition) is 4. The van der Waals surface area contributed by atoms with Gasteiger partial charge in [-0.2, -0.15) is 0 Å². The van der Waals surface area contributed by atoms with Crippen molar-refractivity contribution < 1.29 is 63.1 Å². The maximum atomic E-state index is 11.3. The van der Waals surface area contributed by atoms with Crippen molar-refractivity contribution in [2.45, 2.75) is 186 Å². The van der Waals surface area contributed by atoms with Gasteiger partial charge in [0.2, 0.25) is 0 Å². The molecular formula is C62H72Cl3N9O13S3. The Hall–Kier alpha value is -4.69. The van der Waals surface area contributed by atoms with Crippen LogP contribution in [0.3, 0.4) is 0 Å². The van der Waals surface area contributed by atoms with Gasteiger partial charge in [-0.25, -0.2) is 29.9 Å². The zero-order chi connectivity index (χ0) is 61.2. The Kier molecular flexibility index (Phi) is 18.6. The molecule has 0 saturated carbocycles. The molecule has 0 spiro atoms. The van der Waals surface area contributed by atoms with Gasteiger partial charge in [0, 0.05) is 56.0 Å². The van der Waals surface area contributed by atoms with E-state index in [0.29, 0.717) is 38.8 Å². The van der Waals surface area contributed by atoms with E-state index in [1.807, 2.05) is 100 Å². The highest BCUT2D eigenvalue weighted by Gasteiger charge is 2.60. The number of aliphatic hydroxyl groups is 4. The molecule has 0 aromatic carbocycles. The van der Waals surface area contributed by atoms with Gasteiger partial charge in [0.15, 0.2) is 30.3 Å². The monoisotopic (exact) mass is 1350 g/mol. The van der Waals surface area contributed by atoms with Crippen molar-refractivity contribution in [1.29, 1.82) is 0 Å². The minimum absolute atomic E-state index is 0. The molecule has 0 unspecified atom stereocenters. The van der Waals surface area contributed by atoms with E-state index >= 15 is 0 Å². The van der Waals surface area contributed by atoms with Crippen LogP contribution >= 0.6 is 68.8 Å². The molecule has 5 fully saturated rings. The molecule has 16 heterocycles. The molecule has 0 radical (unpaired) electrons. The van der Waals surface area contributed by atoms with Crippen LogP contribution in [0.2, 0.25) is 13.0 Å². The fraction of sp³-hybridized carbons (Fsp3) is 0.516. The Bertz CT molecular complexity index is 4060. The molecule has 5 saturated heterocycles. The maximum absolute atomic E-state index is 11.3. The summed E-state index contributed by atoms with van der Waals surface area (Å²) >= 11 is 23.0. The molecule has 9 aromatic rings. The second-order valence-electron chi connectivity index (χ2n) is 23.7. The van der Waals surface area contributed by atoms with Crippen molar-refractivity contribution in [3.63, 3.8) is 0 Å². The topological polar surface area (TPSA) is 256 Å². The first-order valence-electron chi connectivity index (χ1n) is 29.0. The highest BCUT2D eigenvalue weighted by atomic mass is 35.5. The Labute approximate surface area is 546 Å². The quantitative estimate of drug-likeness (QED) is 0.105. The predicted octanol–water partition coefficient (Wildman–Crippen LogP) is 11.0. The van der Waals surface area contributed by atoms with Gasteiger partial charge in [0.1, 0.15) is 109 Å². The highest BCUT2D eigenvalue weighted by molar-refractivity contribution is 7.17. The third-order valence-corrected chi connectivity index (χ3v) is 21.3. The van der Waals surface area contributed by atoms with E-state index in [2.05, 4.69) is 29.9 Å². The van der Waals surface area contributed by atoms with E-state index in [1.54, 1.807) is 34.5 Å². The molecule has 22 nitrogen and oxygen atoms in total. The summed E-state index contributed by atoms with van der Waals surface area (Å²) in [5, 5.41) is 44.9. The molecule has 0 bridgehead atoms. The number of fused-ring (bicyclic) bond motifs is 7. The van der Waals surface area contributed by atoms with Crippen molar-refractivity contribution in [3.05, 3.63) is 135 Å². The summed E-state index contributed by atoms with van der Waals surface area (Å²) in [6.07, 6.45) is 3.63. The van der Waals surface area contributed by atoms with Gasteiger partial charge < -0.3 is 76.8 Å². The number of thiophene rings is 3. The van der Waals surface area contributed by atoms with Crippen LogP contribution in [0.15, 0.2) is 74.0 Å². The lowest BCUT2D eigenvalue weighted by Crippen LogP contribution is -2.37. The van der Waals surface area contributed by atoms with E-state index in [1.165, 1.54) is 40.9 Å². The Balaban J connectivity index is 0.000000130. The van der Waals surface area contributed by atoms with E-state index in [9.17, 15) is 20.4 Å². The van der Waals surface area contributed by atoms with E-state index in [4.69, 9.17) is 77.4 Å². The summed E-state index contributed by atoms with van der Waals surface area (Å²) in [7, 11) is 0. The van der Waals surface area contributed by atoms with Crippen molar-refractivity contribution in [2.75, 3.05) is 19.8 Å². The number of halogens is 3. The first-order chi connectivity index (χ1) is 42.2. The van der Waals surface area contributed by atoms with Crippen LogP contribution in [0.4, 0.5) is 0 Å². The third-order valence-electron chi connectivity index (χ3n) is 17.2. The van der Waals surface area contributed by atoms with Gasteiger partial charge in [0.05, 0.1) is 43.3 Å². The normalized spacial score (nSPS) is 29.8. The first-order valence-corrected chi connectivity index (χ1v) is 32.6. The van der Waals surface area contributed by atoms with Crippen LogP contribution < -0.4 is 0 Å². The molecule has 16 rings (SSSR count). The average molecular weight is 1350 g/mol. The van der Waals surface area contributed by atoms with E-state index in [-0.39, 0.29) is 52.1 Å². The minimum atomic E-state index is -1.11. The Morgan fingerprint density at radius 3 is 1.50 bits per heavy atom. The number of aliphatic hydroxyl groups excluding tert-OH is 4. The van der Waals surface area contributed by atoms with Gasteiger partial charge in [-0.05, 0) is 121 Å². The average Bonchev–Trinajstić information content (AvgIpc) is 1.59. The lowest BCUT2D eigenvalue weighted by molar-refractivity contribution is -0.212. The second-order valence-corrected chi connectivity index (χ2v) is 28.8. The van der Waals surface area contributed by atoms with Crippen molar-refractivity contribution in [3.8, 4) is 0 Å². The van der Waals surface area contributed by atoms with Gasteiger partial charge >= 0.3 is 0 Å². The summed E-state index contributed by atoms with van der Waals surface area (Å²) in [4.78, 5) is 28.8. The molecule has 0 amide bonds. The summed E-state index contributed by atoms with van der Waals surface area (Å²) in [5.41, 5.74) is 8.03. The third kappa shape index (κ3) is 11.7. The first kappa shape index (κ1) is 65.4. The molecule has 0 aliphatic carbocycles. The van der Waals surface area contributed by atoms with Gasteiger partial charge in [-0.3, -0.25) is 0 Å². The van der Waals surface area contributed by atoms with Gasteiger partial charge in [-0.1, -0.05) is 49.7 Å². The van der Waals surface area contributed by atoms with Crippen LogP contribution in [-0.4, -0.2) is 150 Å². The minimum Gasteiger partial charge on any atom is -0.396 e. The SMILES string of the molecule is C.C.Cc1ncnc2c1ccn2[C@@H]1O[C@H]([C@@H](O)c2sc(Cl)cc2CCO)[C@H]2OC(C)(C)O[C@H]21.Cc1ncnc2c1ccn2[C@@H]1O[C@H]([C@@H]2OCCc3cc(Cl)sc32)[C@@H](O)[C@H]1O.Cc1ncnc2c1ccn2[C@@H]1O[C@H]([C@@H]2OCCc3cc(Cl)sc32)[C@H]2OC(C)(C)O[C@H]21. The van der Waals surface area contributed by atoms with Gasteiger partial charge in [0.25, 0.3) is 0 Å². The summed E-state index contributed by atoms with van der Waals surface area (Å²) in [6, 6.07) is 11.6. The summed E-state index contributed by atoms with van der Waals surface area (Å²) in [5.74, 6) is -1.52. The van der Waals surface area contributed by atoms with E-state index < -0.39 is 72.9 Å². The molecule has 7 aliphatic heterocycles. The zero-order valence-electron chi connectivity index (χ0n) is 48.7. The number of aromatic nitrogens is 9. The number of ether oxygens (including phenoxy) is 9. The van der Waals surface area contributed by atoms with Crippen molar-refractivity contribution in [2.24, 2.45) is 0 Å². The van der Waals surface area contributed by atoms with Gasteiger partial charge in [-0.15, -0.1) is 34.0 Å². The van der Waals surface area contributed by atoms with Crippen LogP contribution in [-0.2, 0) is 61.9 Å². The molecule has 28 heteroatoms. The van der Waals surface area contributed by atoms with Crippen LogP contribution in [0.25, 0.3) is 33.1 Å². The molecule has 4 N–H and O–H groups in total. The number of aryl methyl sites for hydroxylation is 3. The molecule has 15 atom stereocenters. The molecule has 90 heavy (non-hydrogen) atoms. The lowest BCUT2D eigenvalue weighted by Gasteiger charge is -2.31. The molecule has 9 aromatic heterocycles. The fourth-order valence-corrected chi connectivity index (χ4v) is 17.4. The van der Waals surface area contributed by atoms with Crippen molar-refractivity contribution in [1.82, 2.24) is 43.6 Å². The predicted molar refractivity (Wildman–Crippen MR) is 340 cm³/mol. The molecule has 482 valence electrons. The number of hydrogen-bond acceptors (Lipinski definition) is 22. The second kappa shape index (κ2) is 25.6. The van der Waals surface area contributed by atoms with E-state index in [0.717, 1.165) is 82.6 Å². The molecule has 7 aliphatic rings. The number of rotatable bonds is 9. The van der Waals surface area contributed by atoms with Crippen LogP contribution in [0, 0.1) is 20.8 Å².